The number of hydrogen-bond acceptors (Lipinski definition) is 0. The van der Waals surface area contributed by atoms with Gasteiger partial charge in [0.15, 0.2) is 0 Å². The minimum Gasteiger partial charge on any atom is -0.275 e. The first kappa shape index (κ1) is 34.2. The third-order valence-electron chi connectivity index (χ3n) is 5.48. The molecule has 41 heavy (non-hydrogen) atoms. The lowest BCUT2D eigenvalue weighted by molar-refractivity contribution is -0.400. The molecule has 228 valence electrons. The maximum Gasteiger partial charge on any atom is 0.460 e. The fraction of sp³-hybridized carbons (Fsp3) is 0.364. The first-order chi connectivity index (χ1) is 18.1. The first-order valence-electron chi connectivity index (χ1n) is 10.2. The van der Waals surface area contributed by atoms with Gasteiger partial charge >= 0.3 is 47.9 Å². The molecule has 0 aliphatic heterocycles. The minimum absolute atomic E-state index is 0.301. The lowest BCUT2D eigenvalue weighted by atomic mass is 9.63. The van der Waals surface area contributed by atoms with Crippen LogP contribution in [0.3, 0.4) is 0 Å². The molecule has 19 heteroatoms. The van der Waals surface area contributed by atoms with Gasteiger partial charge in [-0.2, -0.15) is 79.0 Å². The van der Waals surface area contributed by atoms with Crippen LogP contribution in [-0.2, 0) is 11.8 Å². The van der Waals surface area contributed by atoms with Crippen molar-refractivity contribution in [2.24, 2.45) is 0 Å². The molecular formula is C22H10BF18-. The number of benzene rings is 2. The Hall–Kier alpha value is -3.02. The van der Waals surface area contributed by atoms with Crippen LogP contribution >= 0.6 is 0 Å². The summed E-state index contributed by atoms with van der Waals surface area (Å²) < 4.78 is 242. The summed E-state index contributed by atoms with van der Waals surface area (Å²) in [6.07, 6.45) is -13.6. The molecule has 0 nitrogen and oxygen atoms in total. The highest BCUT2D eigenvalue weighted by Crippen LogP contribution is 2.59. The SMILES string of the molecule is C=Cc1ccc([B-]c2cc(C(F)(F)C(F)(F)C(F)(F)C(F)(F)F)cc(C(F)(F)C(F)(F)C(F)(F)C(F)(F)F)c2)cc1. The van der Waals surface area contributed by atoms with Crippen molar-refractivity contribution in [3.8, 4) is 0 Å². The van der Waals surface area contributed by atoms with Gasteiger partial charge in [0.05, 0.1) is 0 Å². The second-order valence-electron chi connectivity index (χ2n) is 8.30. The summed E-state index contributed by atoms with van der Waals surface area (Å²) in [5.41, 5.74) is -7.34. The van der Waals surface area contributed by atoms with Gasteiger partial charge in [-0.15, -0.1) is 12.1 Å². The van der Waals surface area contributed by atoms with Gasteiger partial charge in [-0.25, -0.2) is 0 Å². The molecule has 2 aromatic carbocycles. The van der Waals surface area contributed by atoms with Gasteiger partial charge in [0.2, 0.25) is 0 Å². The molecule has 2 radical (unpaired) electrons. The molecule has 0 fully saturated rings. The van der Waals surface area contributed by atoms with Crippen molar-refractivity contribution in [2.45, 2.75) is 47.9 Å². The summed E-state index contributed by atoms with van der Waals surface area (Å²) in [7, 11) is 0.381. The smallest absolute Gasteiger partial charge is 0.275 e. The zero-order valence-corrected chi connectivity index (χ0v) is 19.2. The quantitative estimate of drug-likeness (QED) is 0.197. The van der Waals surface area contributed by atoms with Gasteiger partial charge in [-0.3, -0.25) is 18.2 Å². The van der Waals surface area contributed by atoms with E-state index in [1.54, 1.807) is 0 Å². The zero-order chi connectivity index (χ0) is 32.3. The van der Waals surface area contributed by atoms with Crippen LogP contribution in [0.4, 0.5) is 79.0 Å². The molecule has 0 aromatic heterocycles. The van der Waals surface area contributed by atoms with E-state index in [0.29, 0.717) is 12.8 Å². The van der Waals surface area contributed by atoms with Crippen molar-refractivity contribution in [3.05, 3.63) is 65.7 Å². The summed E-state index contributed by atoms with van der Waals surface area (Å²) in [6, 6.07) is 2.12. The standard InChI is InChI=1S/C22H10BF18/c1-2-10-3-5-13(6-4-10)23-14-8-11(15(24,25)17(28,29)19(32,33)21(36,37)38)7-12(9-14)16(26,27)18(30,31)20(34,35)22(39,40)41/h2-9H,1H2/q-1. The van der Waals surface area contributed by atoms with E-state index in [-0.39, 0.29) is 5.46 Å². The highest BCUT2D eigenvalue weighted by molar-refractivity contribution is 6.67. The van der Waals surface area contributed by atoms with E-state index in [4.69, 9.17) is 0 Å². The van der Waals surface area contributed by atoms with Crippen molar-refractivity contribution in [2.75, 3.05) is 0 Å². The molecule has 2 rings (SSSR count). The summed E-state index contributed by atoms with van der Waals surface area (Å²) in [5, 5.41) is 0. The Bertz CT molecular complexity index is 1190. The van der Waals surface area contributed by atoms with Crippen molar-refractivity contribution in [3.63, 3.8) is 0 Å². The Kier molecular flexibility index (Phi) is 8.39. The summed E-state index contributed by atoms with van der Waals surface area (Å²) in [5.74, 6) is -44.0. The van der Waals surface area contributed by atoms with Crippen LogP contribution in [0.25, 0.3) is 6.08 Å². The summed E-state index contributed by atoms with van der Waals surface area (Å²) >= 11 is 0. The van der Waals surface area contributed by atoms with Crippen molar-refractivity contribution < 1.29 is 79.0 Å². The van der Waals surface area contributed by atoms with Crippen LogP contribution in [0.5, 0.6) is 0 Å². The third-order valence-corrected chi connectivity index (χ3v) is 5.48. The van der Waals surface area contributed by atoms with E-state index in [0.717, 1.165) is 12.1 Å². The van der Waals surface area contributed by atoms with Gasteiger partial charge < -0.3 is 0 Å². The molecule has 0 spiro atoms. The van der Waals surface area contributed by atoms with Crippen molar-refractivity contribution in [1.82, 2.24) is 0 Å². The molecule has 0 unspecified atom stereocenters. The first-order valence-corrected chi connectivity index (χ1v) is 10.2. The van der Waals surface area contributed by atoms with E-state index >= 15 is 0 Å². The highest BCUT2D eigenvalue weighted by atomic mass is 19.4. The summed E-state index contributed by atoms with van der Waals surface area (Å²) in [4.78, 5) is 0. The van der Waals surface area contributed by atoms with Crippen LogP contribution in [0.2, 0.25) is 0 Å². The number of hydrogen-bond donors (Lipinski definition) is 0. The second-order valence-corrected chi connectivity index (χ2v) is 8.30. The topological polar surface area (TPSA) is 0 Å². The van der Waals surface area contributed by atoms with E-state index < -0.39 is 82.7 Å². The molecule has 2 aromatic rings. The number of rotatable bonds is 9. The molecule has 0 atom stereocenters. The summed E-state index contributed by atoms with van der Waals surface area (Å²) in [6.45, 7) is 3.34. The van der Waals surface area contributed by atoms with Crippen LogP contribution in [-0.4, -0.2) is 43.3 Å². The van der Waals surface area contributed by atoms with Crippen LogP contribution in [0, 0.1) is 0 Å². The molecule has 0 aliphatic carbocycles. The predicted molar refractivity (Wildman–Crippen MR) is 108 cm³/mol. The Morgan fingerprint density at radius 1 is 0.463 bits per heavy atom. The largest absolute Gasteiger partial charge is 0.460 e. The van der Waals surface area contributed by atoms with E-state index in [9.17, 15) is 79.0 Å². The zero-order valence-electron chi connectivity index (χ0n) is 19.2. The normalized spacial score (nSPS) is 14.8. The maximum atomic E-state index is 14.5. The van der Waals surface area contributed by atoms with E-state index in [2.05, 4.69) is 6.58 Å². The number of halogens is 18. The molecule has 0 N–H and O–H groups in total. The minimum atomic E-state index is -7.60. The van der Waals surface area contributed by atoms with E-state index in [1.807, 2.05) is 0 Å². The average Bonchev–Trinajstić information content (AvgIpc) is 2.82. The third kappa shape index (κ3) is 5.47. The molecule has 0 aliphatic rings. The predicted octanol–water partition coefficient (Wildman–Crippen LogP) is 7.83. The molecule has 0 amide bonds. The van der Waals surface area contributed by atoms with Crippen LogP contribution < -0.4 is 10.9 Å². The Labute approximate surface area is 217 Å². The average molecular weight is 627 g/mol. The van der Waals surface area contributed by atoms with Gasteiger partial charge in [-0.1, -0.05) is 36.9 Å². The van der Waals surface area contributed by atoms with Crippen molar-refractivity contribution in [1.29, 1.82) is 0 Å². The molecule has 0 saturated heterocycles. The molecule has 0 saturated carbocycles. The fourth-order valence-corrected chi connectivity index (χ4v) is 3.13. The molecule has 0 heterocycles. The molecule has 0 bridgehead atoms. The second kappa shape index (κ2) is 10.1. The Morgan fingerprint density at radius 2 is 0.805 bits per heavy atom. The highest BCUT2D eigenvalue weighted by Gasteiger charge is 2.83. The Morgan fingerprint density at radius 3 is 1.10 bits per heavy atom. The fourth-order valence-electron chi connectivity index (χ4n) is 3.13. The monoisotopic (exact) mass is 627 g/mol. The van der Waals surface area contributed by atoms with Crippen LogP contribution in [0.15, 0.2) is 49.0 Å². The van der Waals surface area contributed by atoms with Crippen LogP contribution in [0.1, 0.15) is 16.7 Å². The van der Waals surface area contributed by atoms with Gasteiger partial charge in [-0.05, 0) is 11.6 Å². The van der Waals surface area contributed by atoms with Gasteiger partial charge in [0.1, 0.15) is 0 Å². The number of alkyl halides is 18. The maximum absolute atomic E-state index is 14.5. The van der Waals surface area contributed by atoms with Gasteiger partial charge in [0.25, 0.3) is 0 Å². The molecular weight excluding hydrogens is 617 g/mol. The van der Waals surface area contributed by atoms with E-state index in [1.165, 1.54) is 18.2 Å². The Balaban J connectivity index is 2.88. The lowest BCUT2D eigenvalue weighted by Gasteiger charge is -2.36. The lowest BCUT2D eigenvalue weighted by Crippen LogP contribution is -2.60. The van der Waals surface area contributed by atoms with Gasteiger partial charge in [0, 0.05) is 11.1 Å². The van der Waals surface area contributed by atoms with Crippen molar-refractivity contribution >= 4 is 24.3 Å².